The maximum Gasteiger partial charge on any atom is 0.111 e. The maximum atomic E-state index is 4.18. The zero-order valence-electron chi connectivity index (χ0n) is 13.3. The first-order valence-electron chi connectivity index (χ1n) is 7.23. The van der Waals surface area contributed by atoms with Crippen molar-refractivity contribution in [3.8, 4) is 0 Å². The second-order valence-electron chi connectivity index (χ2n) is 5.96. The summed E-state index contributed by atoms with van der Waals surface area (Å²) in [6, 6.07) is 0. The lowest BCUT2D eigenvalue weighted by Crippen LogP contribution is -2.42. The summed E-state index contributed by atoms with van der Waals surface area (Å²) in [6.45, 7) is 15.3. The van der Waals surface area contributed by atoms with Gasteiger partial charge in [0, 0.05) is 27.2 Å². The van der Waals surface area contributed by atoms with Gasteiger partial charge >= 0.3 is 0 Å². The fourth-order valence-electron chi connectivity index (χ4n) is 1.93. The molecule has 0 saturated heterocycles. The summed E-state index contributed by atoms with van der Waals surface area (Å²) >= 11 is 0. The third-order valence-corrected chi connectivity index (χ3v) is 3.09. The first-order chi connectivity index (χ1) is 8.38. The number of nitrogens with zero attached hydrogens (tertiary/aromatic N) is 2. The molecule has 0 aliphatic heterocycles. The summed E-state index contributed by atoms with van der Waals surface area (Å²) in [6.07, 6.45) is 3.87. The van der Waals surface area contributed by atoms with Crippen LogP contribution < -0.4 is 5.43 Å². The molecule has 0 aromatic carbocycles. The normalized spacial score (nSPS) is 11.1. The van der Waals surface area contributed by atoms with E-state index in [1.54, 1.807) is 0 Å². The Morgan fingerprint density at radius 3 is 2.17 bits per heavy atom. The van der Waals surface area contributed by atoms with Crippen LogP contribution in [0.1, 0.15) is 47.0 Å². The average molecular weight is 255 g/mol. The third kappa shape index (κ3) is 7.59. The van der Waals surface area contributed by atoms with Gasteiger partial charge in [-0.15, -0.1) is 0 Å². The molecule has 0 bridgehead atoms. The van der Waals surface area contributed by atoms with Gasteiger partial charge in [0.25, 0.3) is 0 Å². The number of hydrazine groups is 1. The predicted molar refractivity (Wildman–Crippen MR) is 81.1 cm³/mol. The summed E-state index contributed by atoms with van der Waals surface area (Å²) in [5, 5.41) is 2.13. The molecule has 0 radical (unpaired) electrons. The fourth-order valence-corrected chi connectivity index (χ4v) is 1.93. The first kappa shape index (κ1) is 17.3. The summed E-state index contributed by atoms with van der Waals surface area (Å²) in [4.78, 5) is 2.25. The molecule has 0 aromatic rings. The molecule has 0 heterocycles. The van der Waals surface area contributed by atoms with Crippen LogP contribution in [-0.4, -0.2) is 37.1 Å². The Labute approximate surface area is 114 Å². The van der Waals surface area contributed by atoms with E-state index in [2.05, 4.69) is 56.7 Å². The van der Waals surface area contributed by atoms with E-state index in [1.807, 2.05) is 7.05 Å². The van der Waals surface area contributed by atoms with Gasteiger partial charge in [0.05, 0.1) is 0 Å². The summed E-state index contributed by atoms with van der Waals surface area (Å²) in [5.41, 5.74) is 3.21. The SMILES string of the molecule is C=C(N(C)CCCCC(C)C)N(CC(C)C)NC. The molecule has 3 nitrogen and oxygen atoms in total. The van der Waals surface area contributed by atoms with Crippen LogP contribution in [0.25, 0.3) is 0 Å². The topological polar surface area (TPSA) is 18.5 Å². The minimum Gasteiger partial charge on any atom is -0.361 e. The fraction of sp³-hybridized carbons (Fsp3) is 0.867. The van der Waals surface area contributed by atoms with Gasteiger partial charge in [-0.3, -0.25) is 5.01 Å². The van der Waals surface area contributed by atoms with E-state index in [0.29, 0.717) is 5.92 Å². The van der Waals surface area contributed by atoms with E-state index in [4.69, 9.17) is 0 Å². The van der Waals surface area contributed by atoms with Gasteiger partial charge < -0.3 is 4.90 Å². The minimum absolute atomic E-state index is 0.628. The van der Waals surface area contributed by atoms with E-state index >= 15 is 0 Å². The largest absolute Gasteiger partial charge is 0.361 e. The second-order valence-corrected chi connectivity index (χ2v) is 5.96. The van der Waals surface area contributed by atoms with Gasteiger partial charge in [-0.05, 0) is 18.3 Å². The third-order valence-electron chi connectivity index (χ3n) is 3.09. The van der Waals surface area contributed by atoms with Crippen molar-refractivity contribution in [2.75, 3.05) is 27.2 Å². The molecule has 1 N–H and O–H groups in total. The minimum atomic E-state index is 0.628. The Morgan fingerprint density at radius 2 is 1.72 bits per heavy atom. The number of hydrogen-bond acceptors (Lipinski definition) is 3. The zero-order valence-corrected chi connectivity index (χ0v) is 13.3. The van der Waals surface area contributed by atoms with E-state index in [-0.39, 0.29) is 0 Å². The quantitative estimate of drug-likeness (QED) is 0.477. The van der Waals surface area contributed by atoms with Gasteiger partial charge in [0.2, 0.25) is 0 Å². The molecule has 0 aliphatic carbocycles. The van der Waals surface area contributed by atoms with E-state index < -0.39 is 0 Å². The molecule has 18 heavy (non-hydrogen) atoms. The van der Waals surface area contributed by atoms with Gasteiger partial charge in [-0.25, -0.2) is 5.43 Å². The van der Waals surface area contributed by atoms with Crippen molar-refractivity contribution in [3.05, 3.63) is 12.4 Å². The molecule has 0 atom stereocenters. The van der Waals surface area contributed by atoms with E-state index in [1.165, 1.54) is 19.3 Å². The summed E-state index contributed by atoms with van der Waals surface area (Å²) in [7, 11) is 4.09. The molecule has 108 valence electrons. The predicted octanol–water partition coefficient (Wildman–Crippen LogP) is 3.31. The van der Waals surface area contributed by atoms with Gasteiger partial charge in [0.15, 0.2) is 0 Å². The lowest BCUT2D eigenvalue weighted by molar-refractivity contribution is 0.169. The van der Waals surface area contributed by atoms with Crippen LogP contribution in [0.15, 0.2) is 12.4 Å². The van der Waals surface area contributed by atoms with Gasteiger partial charge in [0.1, 0.15) is 5.82 Å². The van der Waals surface area contributed by atoms with Crippen LogP contribution in [0.2, 0.25) is 0 Å². The van der Waals surface area contributed by atoms with Crippen LogP contribution >= 0.6 is 0 Å². The molecule has 0 amide bonds. The van der Waals surface area contributed by atoms with Crippen LogP contribution in [0.5, 0.6) is 0 Å². The highest BCUT2D eigenvalue weighted by atomic mass is 15.5. The second kappa shape index (κ2) is 9.26. The maximum absolute atomic E-state index is 4.18. The van der Waals surface area contributed by atoms with Crippen molar-refractivity contribution < 1.29 is 0 Å². The van der Waals surface area contributed by atoms with Gasteiger partial charge in [-0.2, -0.15) is 0 Å². The Morgan fingerprint density at radius 1 is 1.11 bits per heavy atom. The first-order valence-corrected chi connectivity index (χ1v) is 7.23. The molecule has 0 saturated carbocycles. The van der Waals surface area contributed by atoms with Crippen molar-refractivity contribution in [2.24, 2.45) is 11.8 Å². The smallest absolute Gasteiger partial charge is 0.111 e. The lowest BCUT2D eigenvalue weighted by Gasteiger charge is -2.33. The summed E-state index contributed by atoms with van der Waals surface area (Å²) < 4.78 is 0. The Hall–Kier alpha value is -0.700. The molecule has 0 aliphatic rings. The molecular weight excluding hydrogens is 222 g/mol. The standard InChI is InChI=1S/C15H33N3/c1-13(2)10-8-9-11-17(7)15(5)18(16-6)12-14(3)4/h13-14,16H,5,8-12H2,1-4,6-7H3. The number of rotatable bonds is 10. The monoisotopic (exact) mass is 255 g/mol. The highest BCUT2D eigenvalue weighted by Gasteiger charge is 2.11. The van der Waals surface area contributed by atoms with E-state index in [9.17, 15) is 0 Å². The Kier molecular flexibility index (Phi) is 8.90. The lowest BCUT2D eigenvalue weighted by atomic mass is 10.1. The van der Waals surface area contributed by atoms with Crippen molar-refractivity contribution >= 4 is 0 Å². The Balaban J connectivity index is 3.99. The van der Waals surface area contributed by atoms with Crippen LogP contribution in [0.3, 0.4) is 0 Å². The molecule has 0 aromatic heterocycles. The van der Waals surface area contributed by atoms with Crippen molar-refractivity contribution in [2.45, 2.75) is 47.0 Å². The molecule has 0 rings (SSSR count). The highest BCUT2D eigenvalue weighted by molar-refractivity contribution is 4.90. The van der Waals surface area contributed by atoms with Crippen molar-refractivity contribution in [1.29, 1.82) is 0 Å². The van der Waals surface area contributed by atoms with Crippen LogP contribution in [-0.2, 0) is 0 Å². The zero-order chi connectivity index (χ0) is 14.1. The van der Waals surface area contributed by atoms with E-state index in [0.717, 1.165) is 24.8 Å². The van der Waals surface area contributed by atoms with Gasteiger partial charge in [-0.1, -0.05) is 47.1 Å². The number of hydrogen-bond donors (Lipinski definition) is 1. The molecule has 0 fully saturated rings. The van der Waals surface area contributed by atoms with Crippen LogP contribution in [0, 0.1) is 11.8 Å². The molecular formula is C15H33N3. The van der Waals surface area contributed by atoms with Crippen molar-refractivity contribution in [3.63, 3.8) is 0 Å². The molecule has 0 spiro atoms. The summed E-state index contributed by atoms with van der Waals surface area (Å²) in [5.74, 6) is 2.51. The Bertz CT molecular complexity index is 224. The average Bonchev–Trinajstić information content (AvgIpc) is 2.29. The van der Waals surface area contributed by atoms with Crippen LogP contribution in [0.4, 0.5) is 0 Å². The highest BCUT2D eigenvalue weighted by Crippen LogP contribution is 2.10. The molecule has 0 unspecified atom stereocenters. The number of unbranched alkanes of at least 4 members (excludes halogenated alkanes) is 1. The number of nitrogens with one attached hydrogen (secondary N) is 1. The van der Waals surface area contributed by atoms with Crippen molar-refractivity contribution in [1.82, 2.24) is 15.3 Å². The molecule has 3 heteroatoms.